The number of fused-ring (bicyclic) bond motifs is 1. The number of ether oxygens (including phenoxy) is 1. The van der Waals surface area contributed by atoms with Gasteiger partial charge in [0.2, 0.25) is 0 Å². The fourth-order valence-electron chi connectivity index (χ4n) is 2.78. The third kappa shape index (κ3) is 1.84. The van der Waals surface area contributed by atoms with E-state index in [4.69, 9.17) is 4.74 Å². The Morgan fingerprint density at radius 3 is 2.85 bits per heavy atom. The second-order valence-corrected chi connectivity index (χ2v) is 5.75. The van der Waals surface area contributed by atoms with Crippen LogP contribution in [0.15, 0.2) is 22.0 Å². The number of carbonyl (C=O) groups is 1. The molecular weight excluding hydrogens is 282 g/mol. The summed E-state index contributed by atoms with van der Waals surface area (Å²) in [6, 6.07) is 0. The largest absolute Gasteiger partial charge is 0.465 e. The molecule has 0 aromatic heterocycles. The van der Waals surface area contributed by atoms with Gasteiger partial charge in [-0.2, -0.15) is 0 Å². The third-order valence-electron chi connectivity index (χ3n) is 3.69. The molecule has 0 aromatic carbocycles. The van der Waals surface area contributed by atoms with Gasteiger partial charge in [-0.25, -0.2) is 14.6 Å². The number of allylic oxidation sites excluding steroid dienone is 1. The molecule has 7 nitrogen and oxygen atoms in total. The van der Waals surface area contributed by atoms with Gasteiger partial charge >= 0.3 is 6.09 Å². The van der Waals surface area contributed by atoms with Crippen LogP contribution in [-0.4, -0.2) is 59.8 Å². The summed E-state index contributed by atoms with van der Waals surface area (Å²) in [5.41, 5.74) is 1.25. The molecule has 0 atom stereocenters. The van der Waals surface area contributed by atoms with Gasteiger partial charge in [-0.05, 0) is 6.26 Å². The Bertz CT molecular complexity index is 588. The highest BCUT2D eigenvalue weighted by Gasteiger charge is 2.51. The van der Waals surface area contributed by atoms with Crippen LogP contribution in [0.2, 0.25) is 0 Å². The van der Waals surface area contributed by atoms with Crippen LogP contribution in [0, 0.1) is 5.41 Å². The van der Waals surface area contributed by atoms with Crippen molar-refractivity contribution in [1.82, 2.24) is 10.2 Å². The van der Waals surface area contributed by atoms with Gasteiger partial charge in [0, 0.05) is 12.1 Å². The highest BCUT2D eigenvalue weighted by Crippen LogP contribution is 2.45. The van der Waals surface area contributed by atoms with E-state index >= 15 is 0 Å². The summed E-state index contributed by atoms with van der Waals surface area (Å²) < 4.78 is 5.26. The van der Waals surface area contributed by atoms with Gasteiger partial charge in [0.15, 0.2) is 11.1 Å². The number of carbonyl (C=O) groups excluding carboxylic acids is 1. The van der Waals surface area contributed by atoms with Crippen LogP contribution in [-0.2, 0) is 9.53 Å². The average molecular weight is 295 g/mol. The van der Waals surface area contributed by atoms with Crippen molar-refractivity contribution >= 4 is 29.0 Å². The number of hydrogen-bond acceptors (Lipinski definition) is 6. The van der Waals surface area contributed by atoms with Crippen LogP contribution in [0.3, 0.4) is 0 Å². The number of amides is 1. The highest BCUT2D eigenvalue weighted by molar-refractivity contribution is 8.13. The van der Waals surface area contributed by atoms with Gasteiger partial charge in [-0.1, -0.05) is 11.8 Å². The number of carboxylic acid groups (broad SMARTS) is 1. The van der Waals surface area contributed by atoms with E-state index < -0.39 is 11.5 Å². The zero-order chi connectivity index (χ0) is 14.3. The Balaban J connectivity index is 2.11. The minimum atomic E-state index is -0.987. The van der Waals surface area contributed by atoms with Crippen LogP contribution in [0.4, 0.5) is 4.79 Å². The van der Waals surface area contributed by atoms with Gasteiger partial charge in [0.25, 0.3) is 0 Å². The molecule has 2 N–H and O–H groups in total. The molecule has 8 heteroatoms. The lowest BCUT2D eigenvalue weighted by molar-refractivity contribution is -0.103. The monoisotopic (exact) mass is 295 g/mol. The molecule has 3 heterocycles. The first-order valence-electron chi connectivity index (χ1n) is 6.04. The molecule has 1 amide bonds. The fourth-order valence-corrected chi connectivity index (χ4v) is 3.19. The smallest absolute Gasteiger partial charge is 0.407 e. The van der Waals surface area contributed by atoms with Gasteiger partial charge < -0.3 is 20.1 Å². The Kier molecular flexibility index (Phi) is 3.08. The third-order valence-corrected chi connectivity index (χ3v) is 4.27. The number of nitrogens with one attached hydrogen (secondary N) is 1. The first-order valence-corrected chi connectivity index (χ1v) is 7.26. The van der Waals surface area contributed by atoms with Crippen molar-refractivity contribution in [3.63, 3.8) is 0 Å². The number of aliphatic imine (C=N–C) groups is 1. The second-order valence-electron chi connectivity index (χ2n) is 4.96. The van der Waals surface area contributed by atoms with Crippen LogP contribution < -0.4 is 5.32 Å². The van der Waals surface area contributed by atoms with E-state index in [9.17, 15) is 14.7 Å². The number of nitrogens with zero attached hydrogens (tertiary/aromatic N) is 2. The van der Waals surface area contributed by atoms with E-state index in [0.717, 1.165) is 5.57 Å². The van der Waals surface area contributed by atoms with E-state index in [2.05, 4.69) is 10.3 Å². The van der Waals surface area contributed by atoms with Gasteiger partial charge in [0.05, 0.1) is 30.9 Å². The van der Waals surface area contributed by atoms with Crippen molar-refractivity contribution in [3.05, 3.63) is 17.0 Å². The van der Waals surface area contributed by atoms with Gasteiger partial charge in [-0.15, -0.1) is 0 Å². The summed E-state index contributed by atoms with van der Waals surface area (Å²) in [4.78, 5) is 28.2. The van der Waals surface area contributed by atoms with Crippen molar-refractivity contribution in [2.75, 3.05) is 32.6 Å². The van der Waals surface area contributed by atoms with Crippen molar-refractivity contribution in [2.24, 2.45) is 10.4 Å². The molecule has 1 fully saturated rings. The van der Waals surface area contributed by atoms with Crippen molar-refractivity contribution in [3.8, 4) is 0 Å². The molecule has 3 aliphatic heterocycles. The van der Waals surface area contributed by atoms with Crippen LogP contribution in [0.5, 0.6) is 0 Å². The summed E-state index contributed by atoms with van der Waals surface area (Å²) >= 11 is 1.36. The summed E-state index contributed by atoms with van der Waals surface area (Å²) in [5, 5.41) is 12.8. The number of rotatable bonds is 0. The molecule has 1 saturated heterocycles. The lowest BCUT2D eigenvalue weighted by Gasteiger charge is -2.49. The summed E-state index contributed by atoms with van der Waals surface area (Å²) in [7, 11) is 0. The first kappa shape index (κ1) is 13.2. The van der Waals surface area contributed by atoms with E-state index in [0.29, 0.717) is 36.3 Å². The Morgan fingerprint density at radius 2 is 2.35 bits per heavy atom. The number of amidine groups is 1. The molecule has 106 valence electrons. The van der Waals surface area contributed by atoms with E-state index in [1.165, 1.54) is 16.7 Å². The van der Waals surface area contributed by atoms with Crippen LogP contribution in [0.25, 0.3) is 0 Å². The normalized spacial score (nSPS) is 23.6. The Hall–Kier alpha value is -1.76. The Morgan fingerprint density at radius 1 is 1.60 bits per heavy atom. The zero-order valence-corrected chi connectivity index (χ0v) is 11.6. The lowest BCUT2D eigenvalue weighted by atomic mass is 9.73. The molecule has 0 saturated carbocycles. The van der Waals surface area contributed by atoms with Crippen LogP contribution in [0.1, 0.15) is 0 Å². The van der Waals surface area contributed by atoms with E-state index in [-0.39, 0.29) is 6.54 Å². The lowest BCUT2D eigenvalue weighted by Crippen LogP contribution is -2.58. The van der Waals surface area contributed by atoms with Crippen molar-refractivity contribution in [2.45, 2.75) is 0 Å². The predicted octanol–water partition coefficient (Wildman–Crippen LogP) is 0.288. The van der Waals surface area contributed by atoms with E-state index in [1.54, 1.807) is 0 Å². The standard InChI is InChI=1S/C12H13N3O4S/c1-20-10-13-7-2-15(11(17)18)4-12(5-19-6-12)9(7)8(3-16)14-10/h2,4-6H2,1H3,(H,13,14)(H,17,18). The quantitative estimate of drug-likeness (QED) is 0.624. The minimum absolute atomic E-state index is 0.184. The van der Waals surface area contributed by atoms with E-state index in [1.807, 2.05) is 12.2 Å². The summed E-state index contributed by atoms with van der Waals surface area (Å²) in [5.74, 6) is 1.92. The number of hydrogen-bond donors (Lipinski definition) is 2. The fraction of sp³-hybridized carbons (Fsp3) is 0.500. The SMILES string of the molecule is CSC1=NC2=C(C(=C=O)N1)C1(COC1)CN(C(=O)O)C2. The molecule has 1 spiro atoms. The molecule has 0 unspecified atom stereocenters. The molecule has 0 aromatic rings. The summed E-state index contributed by atoms with van der Waals surface area (Å²) in [6.45, 7) is 1.29. The maximum absolute atomic E-state index is 11.3. The minimum Gasteiger partial charge on any atom is -0.465 e. The molecule has 20 heavy (non-hydrogen) atoms. The van der Waals surface area contributed by atoms with Crippen molar-refractivity contribution < 1.29 is 19.4 Å². The molecular formula is C12H13N3O4S. The van der Waals surface area contributed by atoms with Crippen molar-refractivity contribution in [1.29, 1.82) is 0 Å². The van der Waals surface area contributed by atoms with Gasteiger partial charge in [0.1, 0.15) is 5.70 Å². The topological polar surface area (TPSA) is 91.2 Å². The maximum atomic E-state index is 11.3. The molecule has 3 aliphatic rings. The van der Waals surface area contributed by atoms with Gasteiger partial charge in [-0.3, -0.25) is 0 Å². The molecule has 3 rings (SSSR count). The maximum Gasteiger partial charge on any atom is 0.407 e. The second kappa shape index (κ2) is 4.66. The predicted molar refractivity (Wildman–Crippen MR) is 73.2 cm³/mol. The van der Waals surface area contributed by atoms with Crippen LogP contribution >= 0.6 is 11.8 Å². The first-order chi connectivity index (χ1) is 9.59. The highest BCUT2D eigenvalue weighted by atomic mass is 32.2. The zero-order valence-electron chi connectivity index (χ0n) is 10.8. The molecule has 0 radical (unpaired) electrons. The summed E-state index contributed by atoms with van der Waals surface area (Å²) in [6.07, 6.45) is 0.846. The Labute approximate surface area is 119 Å². The molecule has 0 aliphatic carbocycles. The number of thioether (sulfide) groups is 1. The molecule has 0 bridgehead atoms. The average Bonchev–Trinajstić information content (AvgIpc) is 2.42.